The van der Waals surface area contributed by atoms with Crippen molar-refractivity contribution in [2.45, 2.75) is 0 Å². The largest absolute Gasteiger partial charge is 0.454 e. The maximum atomic E-state index is 6.62. The van der Waals surface area contributed by atoms with Gasteiger partial charge in [0.2, 0.25) is 0 Å². The first kappa shape index (κ1) is 25.2. The molecule has 0 spiro atoms. The first-order valence-corrected chi connectivity index (χ1v) is 15.6. The lowest BCUT2D eigenvalue weighted by atomic mass is 9.98. The minimum atomic E-state index is 0.825. The van der Waals surface area contributed by atoms with Crippen molar-refractivity contribution in [1.82, 2.24) is 9.55 Å². The van der Waals surface area contributed by atoms with Gasteiger partial charge in [-0.05, 0) is 75.5 Å². The average molecular weight is 587 g/mol. The Morgan fingerprint density at radius 2 is 1.13 bits per heavy atom. The molecule has 3 nitrogen and oxygen atoms in total. The van der Waals surface area contributed by atoms with Gasteiger partial charge < -0.3 is 8.98 Å². The zero-order valence-electron chi connectivity index (χ0n) is 24.8. The number of furan rings is 1. The Kier molecular flexibility index (Phi) is 5.28. The molecule has 0 fully saturated rings. The number of pyridine rings is 1. The Labute approximate surface area is 264 Å². The van der Waals surface area contributed by atoms with Crippen LogP contribution in [0.3, 0.4) is 0 Å². The van der Waals surface area contributed by atoms with E-state index in [0.29, 0.717) is 0 Å². The van der Waals surface area contributed by atoms with Crippen molar-refractivity contribution < 1.29 is 4.42 Å². The van der Waals surface area contributed by atoms with Crippen LogP contribution in [0.2, 0.25) is 0 Å². The molecule has 0 saturated heterocycles. The van der Waals surface area contributed by atoms with E-state index in [4.69, 9.17) is 9.40 Å². The second kappa shape index (κ2) is 9.65. The van der Waals surface area contributed by atoms with Gasteiger partial charge in [0.25, 0.3) is 0 Å². The van der Waals surface area contributed by atoms with Crippen LogP contribution in [0.15, 0.2) is 162 Å². The van der Waals surface area contributed by atoms with E-state index in [1.165, 1.54) is 38.4 Å². The van der Waals surface area contributed by atoms with Crippen molar-refractivity contribution in [2.75, 3.05) is 0 Å². The fourth-order valence-electron chi connectivity index (χ4n) is 7.31. The Bertz CT molecular complexity index is 2730. The van der Waals surface area contributed by atoms with Crippen LogP contribution in [-0.2, 0) is 0 Å². The quantitative estimate of drug-likeness (QED) is 0.206. The van der Waals surface area contributed by atoms with Crippen LogP contribution in [0.1, 0.15) is 0 Å². The summed E-state index contributed by atoms with van der Waals surface area (Å²) >= 11 is 0. The zero-order valence-corrected chi connectivity index (χ0v) is 24.8. The van der Waals surface area contributed by atoms with E-state index in [1.807, 2.05) is 6.20 Å². The highest BCUT2D eigenvalue weighted by Gasteiger charge is 2.20. The standard InChI is InChI=1S/C43H26N2O/c1-3-11-27(12-4-1)30-23-31(28-13-5-2-6-14-28)25-32(24-30)45-38-18-10-9-17-34(38)37-26-44-41-36(42(37)45)21-20-35-40-33-16-8-7-15-29(33)19-22-39(40)46-43(35)41/h1-26H. The van der Waals surface area contributed by atoms with Gasteiger partial charge in [-0.25, -0.2) is 0 Å². The van der Waals surface area contributed by atoms with E-state index in [0.717, 1.165) is 54.9 Å². The fraction of sp³-hybridized carbons (Fsp3) is 0. The monoisotopic (exact) mass is 586 g/mol. The van der Waals surface area contributed by atoms with Crippen molar-refractivity contribution in [2.24, 2.45) is 0 Å². The summed E-state index contributed by atoms with van der Waals surface area (Å²) < 4.78 is 9.04. The third kappa shape index (κ3) is 3.63. The Morgan fingerprint density at radius 1 is 0.478 bits per heavy atom. The second-order valence-electron chi connectivity index (χ2n) is 12.0. The van der Waals surface area contributed by atoms with E-state index in [9.17, 15) is 0 Å². The van der Waals surface area contributed by atoms with Crippen LogP contribution in [-0.4, -0.2) is 9.55 Å². The van der Waals surface area contributed by atoms with Crippen LogP contribution in [0.5, 0.6) is 0 Å². The molecule has 3 heterocycles. The number of hydrogen-bond acceptors (Lipinski definition) is 2. The predicted molar refractivity (Wildman–Crippen MR) is 192 cm³/mol. The minimum absolute atomic E-state index is 0.825. The summed E-state index contributed by atoms with van der Waals surface area (Å²) in [6.07, 6.45) is 2.03. The number of aromatic nitrogens is 2. The number of fused-ring (bicyclic) bond motifs is 11. The number of benzene rings is 7. The molecule has 214 valence electrons. The Morgan fingerprint density at radius 3 is 1.89 bits per heavy atom. The van der Waals surface area contributed by atoms with Gasteiger partial charge in [0.15, 0.2) is 5.58 Å². The van der Waals surface area contributed by atoms with E-state index in [2.05, 4.69) is 156 Å². The molecule has 0 amide bonds. The van der Waals surface area contributed by atoms with Crippen LogP contribution in [0.4, 0.5) is 0 Å². The van der Waals surface area contributed by atoms with E-state index >= 15 is 0 Å². The molecule has 0 N–H and O–H groups in total. The maximum absolute atomic E-state index is 6.62. The lowest BCUT2D eigenvalue weighted by molar-refractivity contribution is 0.672. The second-order valence-corrected chi connectivity index (χ2v) is 12.0. The third-order valence-corrected chi connectivity index (χ3v) is 9.39. The fourth-order valence-corrected chi connectivity index (χ4v) is 7.31. The molecule has 0 bridgehead atoms. The molecule has 0 aliphatic rings. The van der Waals surface area contributed by atoms with Gasteiger partial charge in [-0.2, -0.15) is 0 Å². The molecule has 0 aliphatic heterocycles. The lowest BCUT2D eigenvalue weighted by Gasteiger charge is -2.15. The minimum Gasteiger partial charge on any atom is -0.454 e. The number of hydrogen-bond donors (Lipinski definition) is 0. The topological polar surface area (TPSA) is 31.0 Å². The molecule has 46 heavy (non-hydrogen) atoms. The molecule has 7 aromatic carbocycles. The molecule has 10 rings (SSSR count). The zero-order chi connectivity index (χ0) is 30.2. The molecule has 0 aliphatic carbocycles. The van der Waals surface area contributed by atoms with Gasteiger partial charge in [-0.1, -0.05) is 109 Å². The van der Waals surface area contributed by atoms with Gasteiger partial charge in [0.1, 0.15) is 11.1 Å². The summed E-state index contributed by atoms with van der Waals surface area (Å²) in [6, 6.07) is 54.0. The van der Waals surface area contributed by atoms with Crippen LogP contribution in [0.25, 0.3) is 93.4 Å². The summed E-state index contributed by atoms with van der Waals surface area (Å²) in [6.45, 7) is 0. The first-order chi connectivity index (χ1) is 22.8. The van der Waals surface area contributed by atoms with Gasteiger partial charge in [-0.15, -0.1) is 0 Å². The predicted octanol–water partition coefficient (Wildman–Crippen LogP) is 11.7. The molecule has 0 radical (unpaired) electrons. The average Bonchev–Trinajstić information content (AvgIpc) is 3.69. The van der Waals surface area contributed by atoms with Crippen molar-refractivity contribution in [3.05, 3.63) is 158 Å². The van der Waals surface area contributed by atoms with Crippen molar-refractivity contribution >= 4 is 65.4 Å². The molecular formula is C43H26N2O. The summed E-state index contributed by atoms with van der Waals surface area (Å²) in [5.74, 6) is 0. The molecule has 3 aromatic heterocycles. The van der Waals surface area contributed by atoms with Crippen molar-refractivity contribution in [1.29, 1.82) is 0 Å². The smallest absolute Gasteiger partial charge is 0.161 e. The molecule has 10 aromatic rings. The van der Waals surface area contributed by atoms with E-state index in [1.54, 1.807) is 0 Å². The third-order valence-electron chi connectivity index (χ3n) is 9.39. The van der Waals surface area contributed by atoms with Gasteiger partial charge in [-0.3, -0.25) is 4.98 Å². The molecular weight excluding hydrogens is 560 g/mol. The number of nitrogens with zero attached hydrogens (tertiary/aromatic N) is 2. The lowest BCUT2D eigenvalue weighted by Crippen LogP contribution is -1.97. The van der Waals surface area contributed by atoms with Crippen molar-refractivity contribution in [3.8, 4) is 27.9 Å². The van der Waals surface area contributed by atoms with Crippen LogP contribution >= 0.6 is 0 Å². The van der Waals surface area contributed by atoms with Gasteiger partial charge in [0.05, 0.1) is 11.0 Å². The molecule has 0 saturated carbocycles. The maximum Gasteiger partial charge on any atom is 0.161 e. The Hall–Kier alpha value is -6.19. The number of para-hydroxylation sites is 1. The number of rotatable bonds is 3. The van der Waals surface area contributed by atoms with E-state index < -0.39 is 0 Å². The molecule has 0 atom stereocenters. The summed E-state index contributed by atoms with van der Waals surface area (Å²) in [5, 5.41) is 7.99. The first-order valence-electron chi connectivity index (χ1n) is 15.6. The highest BCUT2D eigenvalue weighted by molar-refractivity contribution is 6.26. The highest BCUT2D eigenvalue weighted by Crippen LogP contribution is 2.42. The summed E-state index contributed by atoms with van der Waals surface area (Å²) in [5.41, 5.74) is 10.7. The van der Waals surface area contributed by atoms with E-state index in [-0.39, 0.29) is 0 Å². The molecule has 3 heteroatoms. The Balaban J connectivity index is 1.33. The SMILES string of the molecule is c1ccc(-c2cc(-c3ccccc3)cc(-n3c4ccccc4c4cnc5c(ccc6c5oc5ccc7ccccc7c56)c43)c2)cc1. The normalized spacial score (nSPS) is 11.9. The summed E-state index contributed by atoms with van der Waals surface area (Å²) in [7, 11) is 0. The highest BCUT2D eigenvalue weighted by atomic mass is 16.3. The van der Waals surface area contributed by atoms with Gasteiger partial charge in [0, 0.05) is 38.8 Å². The van der Waals surface area contributed by atoms with Crippen LogP contribution < -0.4 is 0 Å². The van der Waals surface area contributed by atoms with Crippen LogP contribution in [0, 0.1) is 0 Å². The van der Waals surface area contributed by atoms with Gasteiger partial charge >= 0.3 is 0 Å². The molecule has 0 unspecified atom stereocenters. The summed E-state index contributed by atoms with van der Waals surface area (Å²) in [4.78, 5) is 5.09. The van der Waals surface area contributed by atoms with Crippen molar-refractivity contribution in [3.63, 3.8) is 0 Å².